The van der Waals surface area contributed by atoms with Crippen molar-refractivity contribution in [1.82, 2.24) is 0 Å². The maximum atomic E-state index is 12.1. The van der Waals surface area contributed by atoms with E-state index in [0.717, 1.165) is 38.5 Å². The fourth-order valence-electron chi connectivity index (χ4n) is 4.98. The number of hydrogen-bond acceptors (Lipinski definition) is 8. The highest BCUT2D eigenvalue weighted by Crippen LogP contribution is 2.37. The summed E-state index contributed by atoms with van der Waals surface area (Å²) < 4.78 is 36.8. The molecule has 0 radical (unpaired) electrons. The molecule has 0 aromatic carbocycles. The lowest BCUT2D eigenvalue weighted by Crippen LogP contribution is -2.62. The lowest BCUT2D eigenvalue weighted by molar-refractivity contribution is -0.333. The van der Waals surface area contributed by atoms with Crippen LogP contribution in [0.1, 0.15) is 79.1 Å². The second kappa shape index (κ2) is 16.7. The first kappa shape index (κ1) is 31.2. The zero-order valence-electron chi connectivity index (χ0n) is 23.1. The molecular formula is C28H50O8. The Morgan fingerprint density at radius 2 is 1.47 bits per heavy atom. The van der Waals surface area contributed by atoms with Gasteiger partial charge in [0.15, 0.2) is 6.29 Å². The van der Waals surface area contributed by atoms with Crippen molar-refractivity contribution in [3.8, 4) is 0 Å². The molecule has 0 aromatic rings. The number of ether oxygens (including phenoxy) is 6. The van der Waals surface area contributed by atoms with Crippen molar-refractivity contribution >= 4 is 5.97 Å². The number of unbranched alkanes of at least 4 members (excludes halogenated alkanes) is 3. The number of aliphatic hydroxyl groups is 1. The second-order valence-electron chi connectivity index (χ2n) is 10.0. The topological polar surface area (TPSA) is 92.7 Å². The average molecular weight is 515 g/mol. The number of carbonyl (C=O) groups excluding carboxylic acids is 1. The Balaban J connectivity index is 2.25. The van der Waals surface area contributed by atoms with Crippen molar-refractivity contribution < 1.29 is 38.3 Å². The molecule has 1 N–H and O–H groups in total. The molecule has 9 atom stereocenters. The number of rotatable bonds is 16. The van der Waals surface area contributed by atoms with Crippen LogP contribution in [0.5, 0.6) is 0 Å². The molecule has 0 amide bonds. The molecule has 36 heavy (non-hydrogen) atoms. The lowest BCUT2D eigenvalue weighted by Gasteiger charge is -2.47. The van der Waals surface area contributed by atoms with Gasteiger partial charge in [-0.25, -0.2) is 0 Å². The molecule has 8 unspecified atom stereocenters. The summed E-state index contributed by atoms with van der Waals surface area (Å²) in [5.41, 5.74) is 0. The van der Waals surface area contributed by atoms with Gasteiger partial charge in [-0.15, -0.1) is 6.58 Å². The van der Waals surface area contributed by atoms with E-state index in [1.54, 1.807) is 6.08 Å². The number of aliphatic hydroxyl groups excluding tert-OH is 1. The molecule has 2 aliphatic rings. The van der Waals surface area contributed by atoms with Crippen LogP contribution in [0.3, 0.4) is 0 Å². The Hall–Kier alpha value is -1.03. The van der Waals surface area contributed by atoms with Crippen LogP contribution in [0.25, 0.3) is 0 Å². The third kappa shape index (κ3) is 8.77. The zero-order chi connectivity index (χ0) is 26.5. The minimum Gasteiger partial charge on any atom is -0.469 e. The van der Waals surface area contributed by atoms with Gasteiger partial charge < -0.3 is 33.5 Å². The van der Waals surface area contributed by atoms with Crippen molar-refractivity contribution in [3.05, 3.63) is 12.7 Å². The summed E-state index contributed by atoms with van der Waals surface area (Å²) in [6.45, 7) is 14.1. The maximum Gasteiger partial charge on any atom is 0.308 e. The van der Waals surface area contributed by atoms with Gasteiger partial charge in [0.25, 0.3) is 0 Å². The Kier molecular flexibility index (Phi) is 14.5. The number of esters is 1. The third-order valence-corrected chi connectivity index (χ3v) is 7.16. The first-order chi connectivity index (χ1) is 17.4. The Labute approximate surface area is 218 Å². The van der Waals surface area contributed by atoms with E-state index >= 15 is 0 Å². The van der Waals surface area contributed by atoms with Gasteiger partial charge in [0.1, 0.15) is 18.3 Å². The van der Waals surface area contributed by atoms with Gasteiger partial charge in [-0.1, -0.05) is 46.1 Å². The fourth-order valence-corrected chi connectivity index (χ4v) is 4.98. The highest BCUT2D eigenvalue weighted by atomic mass is 16.7. The molecule has 1 saturated heterocycles. The van der Waals surface area contributed by atoms with E-state index in [2.05, 4.69) is 27.4 Å². The summed E-state index contributed by atoms with van der Waals surface area (Å²) in [6, 6.07) is 0. The lowest BCUT2D eigenvalue weighted by atomic mass is 9.77. The Bertz CT molecular complexity index is 629. The predicted molar refractivity (Wildman–Crippen MR) is 138 cm³/mol. The molecule has 8 nitrogen and oxygen atoms in total. The van der Waals surface area contributed by atoms with Gasteiger partial charge in [0.05, 0.1) is 31.3 Å². The van der Waals surface area contributed by atoms with Crippen molar-refractivity contribution in [2.45, 2.75) is 122 Å². The molecule has 0 spiro atoms. The monoisotopic (exact) mass is 514 g/mol. The van der Waals surface area contributed by atoms with Gasteiger partial charge in [0.2, 0.25) is 0 Å². The number of hydrogen-bond donors (Lipinski definition) is 1. The molecule has 1 heterocycles. The molecule has 1 saturated carbocycles. The van der Waals surface area contributed by atoms with Gasteiger partial charge >= 0.3 is 5.97 Å². The van der Waals surface area contributed by atoms with E-state index in [0.29, 0.717) is 26.2 Å². The van der Waals surface area contributed by atoms with Crippen LogP contribution in [-0.2, 0) is 33.2 Å². The minimum absolute atomic E-state index is 0.231. The van der Waals surface area contributed by atoms with E-state index in [1.807, 2.05) is 6.92 Å². The van der Waals surface area contributed by atoms with Crippen LogP contribution in [0, 0.1) is 11.8 Å². The summed E-state index contributed by atoms with van der Waals surface area (Å²) in [7, 11) is 1.37. The molecule has 0 aromatic heterocycles. The van der Waals surface area contributed by atoms with Gasteiger partial charge in [-0.3, -0.25) is 4.79 Å². The van der Waals surface area contributed by atoms with Crippen molar-refractivity contribution in [3.63, 3.8) is 0 Å². The van der Waals surface area contributed by atoms with Crippen LogP contribution >= 0.6 is 0 Å². The molecule has 2 rings (SSSR count). The largest absolute Gasteiger partial charge is 0.469 e. The number of methoxy groups -OCH3 is 1. The van der Waals surface area contributed by atoms with Crippen LogP contribution < -0.4 is 0 Å². The first-order valence-corrected chi connectivity index (χ1v) is 14.0. The smallest absolute Gasteiger partial charge is 0.308 e. The van der Waals surface area contributed by atoms with Gasteiger partial charge in [-0.05, 0) is 39.0 Å². The molecule has 1 aliphatic heterocycles. The summed E-state index contributed by atoms with van der Waals surface area (Å²) >= 11 is 0. The van der Waals surface area contributed by atoms with Crippen LogP contribution in [0.4, 0.5) is 0 Å². The highest BCUT2D eigenvalue weighted by molar-refractivity contribution is 5.72. The van der Waals surface area contributed by atoms with E-state index in [-0.39, 0.29) is 36.6 Å². The van der Waals surface area contributed by atoms with Crippen LogP contribution in [-0.4, -0.2) is 80.9 Å². The SMILES string of the molecule is C=CC1CC(C(=O)OC)CC(O)C1OC1O[C@@H](C)C(OCCCC)C(OCCCC)C1OCCCC. The maximum absolute atomic E-state index is 12.1. The molecular weight excluding hydrogens is 464 g/mol. The summed E-state index contributed by atoms with van der Waals surface area (Å²) in [6.07, 6.45) is 4.78. The van der Waals surface area contributed by atoms with Gasteiger partial charge in [0, 0.05) is 25.7 Å². The quantitative estimate of drug-likeness (QED) is 0.184. The molecule has 1 aliphatic carbocycles. The zero-order valence-corrected chi connectivity index (χ0v) is 23.1. The summed E-state index contributed by atoms with van der Waals surface area (Å²) in [5.74, 6) is -0.942. The first-order valence-electron chi connectivity index (χ1n) is 14.0. The molecule has 2 fully saturated rings. The second-order valence-corrected chi connectivity index (χ2v) is 10.0. The standard InChI is InChI=1S/C28H50O8/c1-7-11-14-32-23-19(5)35-28(26(34-16-13-9-3)25(23)33-15-12-8-2)36-24-20(10-4)17-21(18-22(24)29)27(30)31-6/h10,19-26,28-29H,4,7-9,11-18H2,1-3,5-6H3/t19-,20?,21?,22?,23?,24?,25?,26?,28?/m0/s1. The fraction of sp³-hybridized carbons (Fsp3) is 0.893. The minimum atomic E-state index is -0.862. The van der Waals surface area contributed by atoms with E-state index < -0.39 is 30.5 Å². The summed E-state index contributed by atoms with van der Waals surface area (Å²) in [5, 5.41) is 11.0. The van der Waals surface area contributed by atoms with Crippen molar-refractivity contribution in [2.24, 2.45) is 11.8 Å². The Morgan fingerprint density at radius 1 is 0.917 bits per heavy atom. The van der Waals surface area contributed by atoms with Crippen molar-refractivity contribution in [2.75, 3.05) is 26.9 Å². The van der Waals surface area contributed by atoms with E-state index in [9.17, 15) is 9.90 Å². The summed E-state index contributed by atoms with van der Waals surface area (Å²) in [4.78, 5) is 12.1. The van der Waals surface area contributed by atoms with Gasteiger partial charge in [-0.2, -0.15) is 0 Å². The number of carbonyl (C=O) groups is 1. The normalized spacial score (nSPS) is 34.9. The molecule has 8 heteroatoms. The highest BCUT2D eigenvalue weighted by Gasteiger charge is 2.50. The average Bonchev–Trinajstić information content (AvgIpc) is 2.87. The van der Waals surface area contributed by atoms with E-state index in [1.165, 1.54) is 7.11 Å². The molecule has 0 bridgehead atoms. The van der Waals surface area contributed by atoms with E-state index in [4.69, 9.17) is 28.4 Å². The Morgan fingerprint density at radius 3 is 2.00 bits per heavy atom. The van der Waals surface area contributed by atoms with Crippen LogP contribution in [0.15, 0.2) is 12.7 Å². The predicted octanol–water partition coefficient (Wildman–Crippen LogP) is 4.42. The molecule has 210 valence electrons. The van der Waals surface area contributed by atoms with Crippen LogP contribution in [0.2, 0.25) is 0 Å². The third-order valence-electron chi connectivity index (χ3n) is 7.16. The van der Waals surface area contributed by atoms with Crippen molar-refractivity contribution in [1.29, 1.82) is 0 Å².